The molecule has 0 saturated carbocycles. The molecule has 0 spiro atoms. The minimum absolute atomic E-state index is 0.180. The summed E-state index contributed by atoms with van der Waals surface area (Å²) in [5.41, 5.74) is 6.27. The molecule has 6 nitrogen and oxygen atoms in total. The summed E-state index contributed by atoms with van der Waals surface area (Å²) in [5, 5.41) is 5.36. The van der Waals surface area contributed by atoms with E-state index in [2.05, 4.69) is 10.3 Å². The number of hydrogen-bond donors (Lipinski definition) is 2. The number of thiazole rings is 1. The SMILES string of the molecule is Cc1nc(COc2ccc(C(=O)NCC(N)=O)cc2)cs1. The number of nitrogens with one attached hydrogen (secondary N) is 1. The van der Waals surface area contributed by atoms with Gasteiger partial charge in [-0.15, -0.1) is 11.3 Å². The molecule has 1 aromatic heterocycles. The molecule has 1 heterocycles. The molecule has 2 aromatic rings. The third-order valence-corrected chi connectivity index (χ3v) is 3.42. The van der Waals surface area contributed by atoms with Crippen LogP contribution in [-0.2, 0) is 11.4 Å². The number of carbonyl (C=O) groups is 2. The van der Waals surface area contributed by atoms with Crippen LogP contribution < -0.4 is 15.8 Å². The molecule has 0 unspecified atom stereocenters. The van der Waals surface area contributed by atoms with Crippen molar-refractivity contribution in [1.82, 2.24) is 10.3 Å². The fourth-order valence-corrected chi connectivity index (χ4v) is 2.20. The predicted octanol–water partition coefficient (Wildman–Crippen LogP) is 1.25. The summed E-state index contributed by atoms with van der Waals surface area (Å²) >= 11 is 1.57. The molecule has 0 saturated heterocycles. The number of rotatable bonds is 6. The van der Waals surface area contributed by atoms with Crippen LogP contribution in [0.15, 0.2) is 29.6 Å². The van der Waals surface area contributed by atoms with Crippen molar-refractivity contribution in [3.05, 3.63) is 45.9 Å². The summed E-state index contributed by atoms with van der Waals surface area (Å²) in [6.45, 7) is 2.14. The van der Waals surface area contributed by atoms with E-state index in [1.807, 2.05) is 12.3 Å². The first-order chi connectivity index (χ1) is 10.0. The Morgan fingerprint density at radius 3 is 2.62 bits per heavy atom. The van der Waals surface area contributed by atoms with E-state index in [4.69, 9.17) is 10.5 Å². The average molecular weight is 305 g/mol. The first-order valence-corrected chi connectivity index (χ1v) is 7.13. The third-order valence-electron chi connectivity index (χ3n) is 2.59. The summed E-state index contributed by atoms with van der Waals surface area (Å²) in [5.74, 6) is -0.288. The van der Waals surface area contributed by atoms with Gasteiger partial charge in [-0.05, 0) is 31.2 Å². The molecule has 1 aromatic carbocycles. The molecule has 110 valence electrons. The fraction of sp³-hybridized carbons (Fsp3) is 0.214. The lowest BCUT2D eigenvalue weighted by molar-refractivity contribution is -0.117. The van der Waals surface area contributed by atoms with Gasteiger partial charge in [0.05, 0.1) is 17.2 Å². The second-order valence-electron chi connectivity index (χ2n) is 4.32. The first kappa shape index (κ1) is 15.0. The second kappa shape index (κ2) is 6.85. The van der Waals surface area contributed by atoms with Gasteiger partial charge in [-0.25, -0.2) is 4.98 Å². The molecule has 0 radical (unpaired) electrons. The lowest BCUT2D eigenvalue weighted by Crippen LogP contribution is -2.33. The van der Waals surface area contributed by atoms with Gasteiger partial charge >= 0.3 is 0 Å². The number of ether oxygens (including phenoxy) is 1. The van der Waals surface area contributed by atoms with E-state index in [1.54, 1.807) is 35.6 Å². The summed E-state index contributed by atoms with van der Waals surface area (Å²) in [4.78, 5) is 26.6. The van der Waals surface area contributed by atoms with Crippen molar-refractivity contribution in [2.75, 3.05) is 6.54 Å². The standard InChI is InChI=1S/C14H15N3O3S/c1-9-17-11(8-21-9)7-20-12-4-2-10(3-5-12)14(19)16-6-13(15)18/h2-5,8H,6-7H2,1H3,(H2,15,18)(H,16,19). The van der Waals surface area contributed by atoms with Crippen LogP contribution in [0.25, 0.3) is 0 Å². The average Bonchev–Trinajstić information content (AvgIpc) is 2.89. The van der Waals surface area contributed by atoms with Crippen LogP contribution in [0, 0.1) is 6.92 Å². The maximum Gasteiger partial charge on any atom is 0.251 e. The minimum Gasteiger partial charge on any atom is -0.487 e. The Bertz CT molecular complexity index is 637. The maximum atomic E-state index is 11.7. The van der Waals surface area contributed by atoms with Gasteiger partial charge in [-0.1, -0.05) is 0 Å². The van der Waals surface area contributed by atoms with Gasteiger partial charge in [0.25, 0.3) is 5.91 Å². The number of aromatic nitrogens is 1. The van der Waals surface area contributed by atoms with Crippen LogP contribution in [0.2, 0.25) is 0 Å². The molecule has 0 fully saturated rings. The van der Waals surface area contributed by atoms with E-state index < -0.39 is 5.91 Å². The molecule has 21 heavy (non-hydrogen) atoms. The van der Waals surface area contributed by atoms with Crippen molar-refractivity contribution in [1.29, 1.82) is 0 Å². The number of nitrogens with two attached hydrogens (primary N) is 1. The molecule has 2 amide bonds. The zero-order valence-electron chi connectivity index (χ0n) is 11.5. The van der Waals surface area contributed by atoms with Crippen molar-refractivity contribution in [3.8, 4) is 5.75 Å². The van der Waals surface area contributed by atoms with E-state index in [9.17, 15) is 9.59 Å². The Morgan fingerprint density at radius 2 is 2.05 bits per heavy atom. The zero-order valence-corrected chi connectivity index (χ0v) is 12.3. The number of carbonyl (C=O) groups excluding carboxylic acids is 2. The van der Waals surface area contributed by atoms with Crippen molar-refractivity contribution < 1.29 is 14.3 Å². The van der Waals surface area contributed by atoms with E-state index in [0.29, 0.717) is 17.9 Å². The number of nitrogens with zero attached hydrogens (tertiary/aromatic N) is 1. The summed E-state index contributed by atoms with van der Waals surface area (Å²) in [6, 6.07) is 6.63. The van der Waals surface area contributed by atoms with Crippen molar-refractivity contribution in [2.24, 2.45) is 5.73 Å². The van der Waals surface area contributed by atoms with Crippen LogP contribution in [0.4, 0.5) is 0 Å². The largest absolute Gasteiger partial charge is 0.487 e. The Kier molecular flexibility index (Phi) is 4.89. The van der Waals surface area contributed by atoms with Gasteiger partial charge in [-0.2, -0.15) is 0 Å². The van der Waals surface area contributed by atoms with E-state index in [1.165, 1.54) is 0 Å². The van der Waals surface area contributed by atoms with Crippen LogP contribution in [-0.4, -0.2) is 23.3 Å². The molecule has 0 aliphatic carbocycles. The van der Waals surface area contributed by atoms with Gasteiger partial charge in [0.15, 0.2) is 0 Å². The van der Waals surface area contributed by atoms with Gasteiger partial charge in [0.1, 0.15) is 12.4 Å². The van der Waals surface area contributed by atoms with Crippen LogP contribution in [0.1, 0.15) is 21.1 Å². The quantitative estimate of drug-likeness (QED) is 0.839. The van der Waals surface area contributed by atoms with Crippen molar-refractivity contribution in [3.63, 3.8) is 0 Å². The lowest BCUT2D eigenvalue weighted by atomic mass is 10.2. The second-order valence-corrected chi connectivity index (χ2v) is 5.38. The number of hydrogen-bond acceptors (Lipinski definition) is 5. The molecular weight excluding hydrogens is 290 g/mol. The van der Waals surface area contributed by atoms with Gasteiger partial charge in [0, 0.05) is 10.9 Å². The minimum atomic E-state index is -0.582. The predicted molar refractivity (Wildman–Crippen MR) is 79.2 cm³/mol. The zero-order chi connectivity index (χ0) is 15.2. The number of primary amides is 1. The molecule has 0 aliphatic rings. The van der Waals surface area contributed by atoms with Gasteiger partial charge < -0.3 is 15.8 Å². The first-order valence-electron chi connectivity index (χ1n) is 6.25. The molecule has 0 aliphatic heterocycles. The summed E-state index contributed by atoms with van der Waals surface area (Å²) < 4.78 is 5.58. The van der Waals surface area contributed by atoms with Crippen LogP contribution in [0.5, 0.6) is 5.75 Å². The number of aryl methyl sites for hydroxylation is 1. The Morgan fingerprint density at radius 1 is 1.33 bits per heavy atom. The summed E-state index contributed by atoms with van der Waals surface area (Å²) in [6.07, 6.45) is 0. The van der Waals surface area contributed by atoms with Crippen LogP contribution in [0.3, 0.4) is 0 Å². The highest BCUT2D eigenvalue weighted by molar-refractivity contribution is 7.09. The molecular formula is C14H15N3O3S. The van der Waals surface area contributed by atoms with Gasteiger partial charge in [0.2, 0.25) is 5.91 Å². The van der Waals surface area contributed by atoms with E-state index in [0.717, 1.165) is 10.7 Å². The molecule has 2 rings (SSSR count). The Hall–Kier alpha value is -2.41. The highest BCUT2D eigenvalue weighted by atomic mass is 32.1. The van der Waals surface area contributed by atoms with E-state index in [-0.39, 0.29) is 12.5 Å². The number of amides is 2. The topological polar surface area (TPSA) is 94.3 Å². The Labute approximate surface area is 125 Å². The van der Waals surface area contributed by atoms with Crippen molar-refractivity contribution in [2.45, 2.75) is 13.5 Å². The van der Waals surface area contributed by atoms with Crippen molar-refractivity contribution >= 4 is 23.2 Å². The van der Waals surface area contributed by atoms with Crippen LogP contribution >= 0.6 is 11.3 Å². The highest BCUT2D eigenvalue weighted by Gasteiger charge is 2.06. The maximum absolute atomic E-state index is 11.7. The highest BCUT2D eigenvalue weighted by Crippen LogP contribution is 2.15. The monoisotopic (exact) mass is 305 g/mol. The fourth-order valence-electron chi connectivity index (χ4n) is 1.60. The Balaban J connectivity index is 1.89. The number of benzene rings is 1. The third kappa shape index (κ3) is 4.57. The molecule has 0 atom stereocenters. The molecule has 7 heteroatoms. The normalized spacial score (nSPS) is 10.1. The lowest BCUT2D eigenvalue weighted by Gasteiger charge is -2.06. The molecule has 3 N–H and O–H groups in total. The van der Waals surface area contributed by atoms with E-state index >= 15 is 0 Å². The summed E-state index contributed by atoms with van der Waals surface area (Å²) in [7, 11) is 0. The van der Waals surface area contributed by atoms with Gasteiger partial charge in [-0.3, -0.25) is 9.59 Å². The molecule has 0 bridgehead atoms. The smallest absolute Gasteiger partial charge is 0.251 e.